The van der Waals surface area contributed by atoms with E-state index in [1.54, 1.807) is 0 Å². The first kappa shape index (κ1) is 18.4. The number of hydrogen-bond acceptors (Lipinski definition) is 5. The summed E-state index contributed by atoms with van der Waals surface area (Å²) < 4.78 is 11.5. The predicted molar refractivity (Wildman–Crippen MR) is 110 cm³/mol. The number of anilines is 1. The third-order valence-electron chi connectivity index (χ3n) is 5.83. The van der Waals surface area contributed by atoms with Gasteiger partial charge in [-0.25, -0.2) is 0 Å². The van der Waals surface area contributed by atoms with Gasteiger partial charge in [-0.05, 0) is 18.1 Å². The topological polar surface area (TPSA) is 71.0 Å². The molecule has 1 amide bonds. The zero-order valence-corrected chi connectivity index (χ0v) is 16.2. The van der Waals surface area contributed by atoms with Crippen LogP contribution in [0.1, 0.15) is 22.3 Å². The number of aliphatic hydroxyl groups excluding tert-OH is 1. The number of para-hydroxylation sites is 1. The summed E-state index contributed by atoms with van der Waals surface area (Å²) in [5, 5.41) is 12.2. The zero-order chi connectivity index (χ0) is 19.8. The quantitative estimate of drug-likeness (QED) is 0.782. The molecule has 0 bridgehead atoms. The van der Waals surface area contributed by atoms with Gasteiger partial charge in [0.05, 0.1) is 24.9 Å². The van der Waals surface area contributed by atoms with Crippen LogP contribution in [0, 0.1) is 0 Å². The summed E-state index contributed by atoms with van der Waals surface area (Å²) in [7, 11) is 0. The normalized spacial score (nSPS) is 23.5. The van der Waals surface area contributed by atoms with Crippen molar-refractivity contribution < 1.29 is 19.4 Å². The van der Waals surface area contributed by atoms with Crippen LogP contribution in [0.15, 0.2) is 42.5 Å². The Labute approximate surface area is 169 Å². The van der Waals surface area contributed by atoms with E-state index in [4.69, 9.17) is 9.47 Å². The van der Waals surface area contributed by atoms with Crippen molar-refractivity contribution in [1.29, 1.82) is 0 Å². The van der Waals surface area contributed by atoms with Crippen molar-refractivity contribution in [2.75, 3.05) is 38.2 Å². The summed E-state index contributed by atoms with van der Waals surface area (Å²) in [6, 6.07) is 14.1. The second kappa shape index (κ2) is 7.63. The van der Waals surface area contributed by atoms with E-state index in [1.807, 2.05) is 24.3 Å². The number of rotatable bonds is 4. The van der Waals surface area contributed by atoms with Gasteiger partial charge in [0.2, 0.25) is 0 Å². The van der Waals surface area contributed by atoms with Crippen LogP contribution in [-0.4, -0.2) is 54.9 Å². The summed E-state index contributed by atoms with van der Waals surface area (Å²) in [6.45, 7) is 3.83. The lowest BCUT2D eigenvalue weighted by atomic mass is 9.98. The summed E-state index contributed by atoms with van der Waals surface area (Å²) in [4.78, 5) is 14.9. The largest absolute Gasteiger partial charge is 0.487 e. The first-order valence-corrected chi connectivity index (χ1v) is 10.1. The molecule has 3 aliphatic rings. The number of morpholine rings is 1. The molecule has 2 N–H and O–H groups in total. The Hall–Kier alpha value is -2.67. The molecule has 1 saturated heterocycles. The van der Waals surface area contributed by atoms with Crippen molar-refractivity contribution >= 4 is 22.9 Å². The first-order chi connectivity index (χ1) is 14.2. The fourth-order valence-electron chi connectivity index (χ4n) is 4.30. The number of aliphatic hydroxyl groups is 1. The smallest absolute Gasteiger partial charge is 0.260 e. The number of fused-ring (bicyclic) bond motifs is 2. The van der Waals surface area contributed by atoms with Gasteiger partial charge in [0, 0.05) is 42.0 Å². The van der Waals surface area contributed by atoms with E-state index in [0.717, 1.165) is 48.4 Å². The predicted octanol–water partition coefficient (Wildman–Crippen LogP) is 2.27. The van der Waals surface area contributed by atoms with Crippen LogP contribution in [0.25, 0.3) is 11.3 Å². The minimum atomic E-state index is -0.108. The molecule has 3 aliphatic heterocycles. The minimum Gasteiger partial charge on any atom is -0.487 e. The number of ether oxygens (including phenoxy) is 2. The molecule has 2 aromatic carbocycles. The third kappa shape index (κ3) is 3.44. The lowest BCUT2D eigenvalue weighted by Crippen LogP contribution is -2.44. The molecule has 2 aromatic rings. The summed E-state index contributed by atoms with van der Waals surface area (Å²) in [5.74, 6) is 0.567. The average Bonchev–Trinajstić information content (AvgIpc) is 3.31. The van der Waals surface area contributed by atoms with Gasteiger partial charge in [-0.1, -0.05) is 36.4 Å². The minimum absolute atomic E-state index is 0.0703. The van der Waals surface area contributed by atoms with Crippen LogP contribution in [0.5, 0.6) is 0 Å². The van der Waals surface area contributed by atoms with Crippen LogP contribution in [0.4, 0.5) is 5.69 Å². The van der Waals surface area contributed by atoms with E-state index in [1.165, 1.54) is 5.56 Å². The van der Waals surface area contributed by atoms with Gasteiger partial charge in [-0.3, -0.25) is 9.69 Å². The lowest BCUT2D eigenvalue weighted by Gasteiger charge is -2.31. The maximum atomic E-state index is 12.5. The summed E-state index contributed by atoms with van der Waals surface area (Å²) >= 11 is 0. The van der Waals surface area contributed by atoms with E-state index in [0.29, 0.717) is 24.5 Å². The Morgan fingerprint density at radius 1 is 1.17 bits per heavy atom. The number of hydrogen-bond donors (Lipinski definition) is 2. The van der Waals surface area contributed by atoms with Crippen molar-refractivity contribution in [1.82, 2.24) is 4.90 Å². The number of nitrogens with one attached hydrogen (secondary N) is 1. The molecule has 1 unspecified atom stereocenters. The van der Waals surface area contributed by atoms with E-state index in [9.17, 15) is 9.90 Å². The standard InChI is InChI=1S/C23H24N2O4/c26-13-17-12-25(9-10-28-17)8-7-15-5-6-18-16(11-15)14-29-22(18)21-19-3-1-2-4-20(19)24-23(21)27/h1-6,11,17,26H,7-10,12-14H2,(H,24,27)/b22-21+. The number of carbonyl (C=O) groups excluding carboxylic acids is 1. The maximum Gasteiger partial charge on any atom is 0.260 e. The molecule has 0 aromatic heterocycles. The third-order valence-corrected chi connectivity index (χ3v) is 5.83. The van der Waals surface area contributed by atoms with E-state index < -0.39 is 0 Å². The molecule has 0 aliphatic carbocycles. The molecule has 1 atom stereocenters. The van der Waals surface area contributed by atoms with Crippen LogP contribution in [0.2, 0.25) is 0 Å². The fraction of sp³-hybridized carbons (Fsp3) is 0.348. The molecule has 150 valence electrons. The Morgan fingerprint density at radius 3 is 2.97 bits per heavy atom. The van der Waals surface area contributed by atoms with Crippen LogP contribution in [-0.2, 0) is 27.3 Å². The van der Waals surface area contributed by atoms with E-state index in [2.05, 4.69) is 28.4 Å². The molecule has 3 heterocycles. The highest BCUT2D eigenvalue weighted by Crippen LogP contribution is 2.41. The van der Waals surface area contributed by atoms with Crippen molar-refractivity contribution in [2.45, 2.75) is 19.1 Å². The monoisotopic (exact) mass is 392 g/mol. The molecule has 5 rings (SSSR count). The number of carbonyl (C=O) groups is 1. The van der Waals surface area contributed by atoms with Crippen molar-refractivity contribution in [3.63, 3.8) is 0 Å². The van der Waals surface area contributed by atoms with Gasteiger partial charge in [0.25, 0.3) is 5.91 Å². The molecule has 1 fully saturated rings. The molecular formula is C23H24N2O4. The number of nitrogens with zero attached hydrogens (tertiary/aromatic N) is 1. The van der Waals surface area contributed by atoms with Crippen molar-refractivity contribution in [3.8, 4) is 0 Å². The van der Waals surface area contributed by atoms with E-state index in [-0.39, 0.29) is 18.6 Å². The van der Waals surface area contributed by atoms with Gasteiger partial charge in [0.15, 0.2) is 0 Å². The van der Waals surface area contributed by atoms with Crippen molar-refractivity contribution in [2.24, 2.45) is 0 Å². The Morgan fingerprint density at radius 2 is 2.07 bits per heavy atom. The fourth-order valence-corrected chi connectivity index (χ4v) is 4.30. The number of amides is 1. The molecule has 0 saturated carbocycles. The van der Waals surface area contributed by atoms with Gasteiger partial charge < -0.3 is 19.9 Å². The Balaban J connectivity index is 1.35. The maximum absolute atomic E-state index is 12.5. The van der Waals surface area contributed by atoms with Gasteiger partial charge in [-0.2, -0.15) is 0 Å². The van der Waals surface area contributed by atoms with Gasteiger partial charge in [0.1, 0.15) is 12.4 Å². The Kier molecular flexibility index (Phi) is 4.83. The van der Waals surface area contributed by atoms with Crippen molar-refractivity contribution in [3.05, 3.63) is 64.7 Å². The second-order valence-electron chi connectivity index (χ2n) is 7.71. The molecule has 0 radical (unpaired) electrons. The molecule has 6 heteroatoms. The first-order valence-electron chi connectivity index (χ1n) is 10.1. The highest BCUT2D eigenvalue weighted by atomic mass is 16.5. The van der Waals surface area contributed by atoms with E-state index >= 15 is 0 Å². The lowest BCUT2D eigenvalue weighted by molar-refractivity contribution is -0.110. The summed E-state index contributed by atoms with van der Waals surface area (Å²) in [6.07, 6.45) is 0.854. The zero-order valence-electron chi connectivity index (χ0n) is 16.2. The van der Waals surface area contributed by atoms with Crippen LogP contribution in [0.3, 0.4) is 0 Å². The van der Waals surface area contributed by atoms with Gasteiger partial charge in [-0.15, -0.1) is 0 Å². The molecule has 6 nitrogen and oxygen atoms in total. The van der Waals surface area contributed by atoms with Crippen LogP contribution >= 0.6 is 0 Å². The van der Waals surface area contributed by atoms with Crippen LogP contribution < -0.4 is 5.32 Å². The number of benzene rings is 2. The summed E-state index contributed by atoms with van der Waals surface area (Å²) in [5.41, 5.74) is 5.73. The molecule has 29 heavy (non-hydrogen) atoms. The highest BCUT2D eigenvalue weighted by Gasteiger charge is 2.32. The molecule has 0 spiro atoms. The molecular weight excluding hydrogens is 368 g/mol. The SMILES string of the molecule is O=C1Nc2ccccc2/C1=C1\OCc2cc(CCN3CCOC(CO)C3)ccc21. The highest BCUT2D eigenvalue weighted by molar-refractivity contribution is 6.36. The Bertz CT molecular complexity index is 985. The average molecular weight is 392 g/mol. The van der Waals surface area contributed by atoms with Gasteiger partial charge >= 0.3 is 0 Å². The second-order valence-corrected chi connectivity index (χ2v) is 7.71.